The van der Waals surface area contributed by atoms with Gasteiger partial charge in [0.2, 0.25) is 0 Å². The largest absolute Gasteiger partial charge is 0.494 e. The second-order valence-electron chi connectivity index (χ2n) is 4.43. The molecule has 1 heterocycles. The van der Waals surface area contributed by atoms with Gasteiger partial charge in [0.15, 0.2) is 0 Å². The predicted octanol–water partition coefficient (Wildman–Crippen LogP) is 3.12. The minimum absolute atomic E-state index is 0.524. The molecule has 0 N–H and O–H groups in total. The monoisotopic (exact) mass is 220 g/mol. The second-order valence-corrected chi connectivity index (χ2v) is 4.43. The normalized spacial score (nSPS) is 18.5. The lowest BCUT2D eigenvalue weighted by molar-refractivity contribution is 0.317. The number of hydrogen-bond acceptors (Lipinski definition) is 2. The summed E-state index contributed by atoms with van der Waals surface area (Å²) in [5, 5.41) is 0. The van der Waals surface area contributed by atoms with E-state index in [1.54, 1.807) is 0 Å². The summed E-state index contributed by atoms with van der Waals surface area (Å²) in [6, 6.07) is 6.40. The Labute approximate surface area is 97.6 Å². The molecule has 0 radical (unpaired) electrons. The van der Waals surface area contributed by atoms with Crippen molar-refractivity contribution in [2.45, 2.75) is 39.2 Å². The number of hydrogen-bond donors (Lipinski definition) is 0. The van der Waals surface area contributed by atoms with Gasteiger partial charge < -0.3 is 9.47 Å². The zero-order chi connectivity index (χ0) is 11.4. The maximum absolute atomic E-state index is 5.60. The lowest BCUT2D eigenvalue weighted by Gasteiger charge is -2.09. The topological polar surface area (TPSA) is 21.8 Å². The Morgan fingerprint density at radius 2 is 2.25 bits per heavy atom. The minimum Gasteiger partial charge on any atom is -0.494 e. The van der Waals surface area contributed by atoms with Gasteiger partial charge in [-0.2, -0.15) is 0 Å². The highest BCUT2D eigenvalue weighted by molar-refractivity contribution is 5.34. The van der Waals surface area contributed by atoms with E-state index in [2.05, 4.69) is 32.0 Å². The summed E-state index contributed by atoms with van der Waals surface area (Å²) in [4.78, 5) is 0. The van der Waals surface area contributed by atoms with Crippen molar-refractivity contribution < 1.29 is 9.47 Å². The summed E-state index contributed by atoms with van der Waals surface area (Å²) in [6.07, 6.45) is 3.84. The van der Waals surface area contributed by atoms with Crippen LogP contribution < -0.4 is 4.74 Å². The molecule has 1 atom stereocenters. The van der Waals surface area contributed by atoms with Crippen LogP contribution in [0, 0.1) is 6.92 Å². The lowest BCUT2D eigenvalue weighted by Crippen LogP contribution is -1.98. The number of ether oxygens (including phenoxy) is 2. The molecule has 1 saturated heterocycles. The van der Waals surface area contributed by atoms with Crippen LogP contribution in [0.25, 0.3) is 0 Å². The molecule has 1 unspecified atom stereocenters. The molecule has 0 aliphatic carbocycles. The van der Waals surface area contributed by atoms with E-state index in [0.717, 1.165) is 38.2 Å². The Balaban J connectivity index is 1.92. The van der Waals surface area contributed by atoms with Crippen LogP contribution in [0.3, 0.4) is 0 Å². The number of benzene rings is 1. The summed E-state index contributed by atoms with van der Waals surface area (Å²) in [5.74, 6) is 0.991. The fraction of sp³-hybridized carbons (Fsp3) is 0.571. The highest BCUT2D eigenvalue weighted by Crippen LogP contribution is 2.22. The molecule has 0 saturated carbocycles. The Kier molecular flexibility index (Phi) is 3.83. The van der Waals surface area contributed by atoms with Crippen molar-refractivity contribution in [1.82, 2.24) is 0 Å². The van der Waals surface area contributed by atoms with Crippen LogP contribution in [0.4, 0.5) is 0 Å². The van der Waals surface area contributed by atoms with Crippen LogP contribution in [0.1, 0.15) is 30.9 Å². The highest BCUT2D eigenvalue weighted by Gasteiger charge is 2.21. The molecule has 2 nitrogen and oxygen atoms in total. The van der Waals surface area contributed by atoms with Gasteiger partial charge in [-0.05, 0) is 49.4 Å². The van der Waals surface area contributed by atoms with E-state index in [1.165, 1.54) is 11.1 Å². The van der Waals surface area contributed by atoms with Gasteiger partial charge in [-0.3, -0.25) is 0 Å². The third-order valence-corrected chi connectivity index (χ3v) is 2.92. The summed E-state index contributed by atoms with van der Waals surface area (Å²) in [6.45, 7) is 6.03. The maximum atomic E-state index is 5.60. The van der Waals surface area contributed by atoms with E-state index in [9.17, 15) is 0 Å². The van der Waals surface area contributed by atoms with E-state index in [1.807, 2.05) is 0 Å². The van der Waals surface area contributed by atoms with E-state index in [-0.39, 0.29) is 0 Å². The summed E-state index contributed by atoms with van der Waals surface area (Å²) in [7, 11) is 0. The molecular formula is C14H20O2. The lowest BCUT2D eigenvalue weighted by atomic mass is 10.0. The SMILES string of the molecule is CCCOc1ccc(CCC2CO2)c(C)c1. The predicted molar refractivity (Wildman–Crippen MR) is 65.0 cm³/mol. The zero-order valence-corrected chi connectivity index (χ0v) is 10.2. The van der Waals surface area contributed by atoms with E-state index < -0.39 is 0 Å². The van der Waals surface area contributed by atoms with E-state index >= 15 is 0 Å². The van der Waals surface area contributed by atoms with Crippen molar-refractivity contribution in [3.05, 3.63) is 29.3 Å². The van der Waals surface area contributed by atoms with Crippen molar-refractivity contribution in [2.75, 3.05) is 13.2 Å². The molecule has 1 aromatic carbocycles. The minimum atomic E-state index is 0.524. The van der Waals surface area contributed by atoms with Crippen LogP contribution in [0.15, 0.2) is 18.2 Å². The first-order valence-corrected chi connectivity index (χ1v) is 6.13. The molecule has 1 aliphatic heterocycles. The average Bonchev–Trinajstić information content (AvgIpc) is 3.09. The Morgan fingerprint density at radius 3 is 2.88 bits per heavy atom. The number of epoxide rings is 1. The molecule has 0 spiro atoms. The van der Waals surface area contributed by atoms with Gasteiger partial charge in [-0.25, -0.2) is 0 Å². The Bertz CT molecular complexity index is 343. The summed E-state index contributed by atoms with van der Waals surface area (Å²) in [5.41, 5.74) is 2.74. The number of aryl methyl sites for hydroxylation is 2. The average molecular weight is 220 g/mol. The maximum Gasteiger partial charge on any atom is 0.119 e. The molecule has 2 rings (SSSR count). The molecular weight excluding hydrogens is 200 g/mol. The third-order valence-electron chi connectivity index (χ3n) is 2.92. The molecule has 2 heteroatoms. The van der Waals surface area contributed by atoms with Crippen molar-refractivity contribution in [1.29, 1.82) is 0 Å². The molecule has 16 heavy (non-hydrogen) atoms. The summed E-state index contributed by atoms with van der Waals surface area (Å²) < 4.78 is 10.8. The van der Waals surface area contributed by atoms with Crippen molar-refractivity contribution >= 4 is 0 Å². The number of rotatable bonds is 6. The third kappa shape index (κ3) is 3.24. The van der Waals surface area contributed by atoms with E-state index in [0.29, 0.717) is 6.10 Å². The zero-order valence-electron chi connectivity index (χ0n) is 10.2. The fourth-order valence-corrected chi connectivity index (χ4v) is 1.81. The standard InChI is InChI=1S/C14H20O2/c1-3-8-15-13-6-4-12(11(2)9-13)5-7-14-10-16-14/h4,6,9,14H,3,5,7-8,10H2,1-2H3. The molecule has 88 valence electrons. The fourth-order valence-electron chi connectivity index (χ4n) is 1.81. The molecule has 1 aromatic rings. The Hall–Kier alpha value is -1.02. The molecule has 0 bridgehead atoms. The van der Waals surface area contributed by atoms with Crippen LogP contribution in [0.2, 0.25) is 0 Å². The van der Waals surface area contributed by atoms with Crippen LogP contribution in [-0.4, -0.2) is 19.3 Å². The van der Waals surface area contributed by atoms with Crippen LogP contribution >= 0.6 is 0 Å². The van der Waals surface area contributed by atoms with Gasteiger partial charge in [0.1, 0.15) is 5.75 Å². The first-order chi connectivity index (χ1) is 7.79. The van der Waals surface area contributed by atoms with Gasteiger partial charge >= 0.3 is 0 Å². The van der Waals surface area contributed by atoms with Gasteiger partial charge in [-0.15, -0.1) is 0 Å². The van der Waals surface area contributed by atoms with Crippen molar-refractivity contribution in [3.8, 4) is 5.75 Å². The van der Waals surface area contributed by atoms with Gasteiger partial charge in [0, 0.05) is 0 Å². The smallest absolute Gasteiger partial charge is 0.119 e. The molecule has 0 aromatic heterocycles. The van der Waals surface area contributed by atoms with Crippen molar-refractivity contribution in [3.63, 3.8) is 0 Å². The van der Waals surface area contributed by atoms with E-state index in [4.69, 9.17) is 9.47 Å². The van der Waals surface area contributed by atoms with Crippen LogP contribution in [-0.2, 0) is 11.2 Å². The van der Waals surface area contributed by atoms with Gasteiger partial charge in [0.05, 0.1) is 19.3 Å². The van der Waals surface area contributed by atoms with Crippen molar-refractivity contribution in [2.24, 2.45) is 0 Å². The second kappa shape index (κ2) is 5.35. The van der Waals surface area contributed by atoms with Gasteiger partial charge in [0.25, 0.3) is 0 Å². The highest BCUT2D eigenvalue weighted by atomic mass is 16.6. The quantitative estimate of drug-likeness (QED) is 0.687. The molecule has 1 aliphatic rings. The molecule has 0 amide bonds. The first kappa shape index (κ1) is 11.5. The van der Waals surface area contributed by atoms with Gasteiger partial charge in [-0.1, -0.05) is 13.0 Å². The summed E-state index contributed by atoms with van der Waals surface area (Å²) >= 11 is 0. The Morgan fingerprint density at radius 1 is 1.44 bits per heavy atom. The van der Waals surface area contributed by atoms with Crippen LogP contribution in [0.5, 0.6) is 5.75 Å². The molecule has 1 fully saturated rings. The first-order valence-electron chi connectivity index (χ1n) is 6.13.